The van der Waals surface area contributed by atoms with Crippen LogP contribution in [0.1, 0.15) is 31.2 Å². The first-order valence-electron chi connectivity index (χ1n) is 8.81. The SMILES string of the molecule is O=C(CCCCCN1C(=O)C=CC1=O)OCc1ccc(O)c2ncccc12. The highest BCUT2D eigenvalue weighted by Gasteiger charge is 2.22. The Morgan fingerprint density at radius 2 is 1.85 bits per heavy atom. The van der Waals surface area contributed by atoms with Crippen LogP contribution >= 0.6 is 0 Å². The highest BCUT2D eigenvalue weighted by atomic mass is 16.5. The van der Waals surface area contributed by atoms with Crippen molar-refractivity contribution in [3.8, 4) is 5.75 Å². The third-order valence-corrected chi connectivity index (χ3v) is 4.39. The van der Waals surface area contributed by atoms with Gasteiger partial charge in [0.25, 0.3) is 11.8 Å². The molecule has 3 rings (SSSR count). The summed E-state index contributed by atoms with van der Waals surface area (Å²) < 4.78 is 5.31. The zero-order valence-electron chi connectivity index (χ0n) is 14.8. The van der Waals surface area contributed by atoms with Crippen molar-refractivity contribution in [1.82, 2.24) is 9.88 Å². The third kappa shape index (κ3) is 4.49. The predicted molar refractivity (Wildman–Crippen MR) is 97.5 cm³/mol. The molecule has 7 heteroatoms. The van der Waals surface area contributed by atoms with E-state index in [9.17, 15) is 19.5 Å². The standard InChI is InChI=1S/C20H20N2O5/c23-16-8-7-14(15-5-4-11-21-20(15)16)13-27-19(26)6-2-1-3-12-22-17(24)9-10-18(22)25/h4-5,7-11,23H,1-3,6,12-13H2. The summed E-state index contributed by atoms with van der Waals surface area (Å²) in [6.07, 6.45) is 6.40. The van der Waals surface area contributed by atoms with Crippen molar-refractivity contribution in [2.24, 2.45) is 0 Å². The smallest absolute Gasteiger partial charge is 0.306 e. The molecular formula is C20H20N2O5. The molecule has 140 valence electrons. The van der Waals surface area contributed by atoms with Gasteiger partial charge in [0, 0.05) is 36.7 Å². The number of nitrogens with zero attached hydrogens (tertiary/aromatic N) is 2. The van der Waals surface area contributed by atoms with Gasteiger partial charge in [-0.05, 0) is 30.5 Å². The highest BCUT2D eigenvalue weighted by molar-refractivity contribution is 6.12. The maximum Gasteiger partial charge on any atom is 0.306 e. The van der Waals surface area contributed by atoms with E-state index in [4.69, 9.17) is 4.74 Å². The first-order chi connectivity index (χ1) is 13.1. The Labute approximate surface area is 156 Å². The lowest BCUT2D eigenvalue weighted by Gasteiger charge is -2.13. The molecule has 2 aromatic rings. The van der Waals surface area contributed by atoms with Gasteiger partial charge in [0.2, 0.25) is 0 Å². The molecule has 0 saturated heterocycles. The van der Waals surface area contributed by atoms with Gasteiger partial charge < -0.3 is 9.84 Å². The number of hydrogen-bond acceptors (Lipinski definition) is 6. The molecule has 0 aliphatic carbocycles. The largest absolute Gasteiger partial charge is 0.506 e. The zero-order chi connectivity index (χ0) is 19.2. The second-order valence-electron chi connectivity index (χ2n) is 6.28. The number of esters is 1. The van der Waals surface area contributed by atoms with Crippen LogP contribution < -0.4 is 0 Å². The molecule has 0 spiro atoms. The number of ether oxygens (including phenoxy) is 1. The fraction of sp³-hybridized carbons (Fsp3) is 0.300. The molecule has 0 unspecified atom stereocenters. The molecule has 1 aromatic heterocycles. The van der Waals surface area contributed by atoms with Crippen molar-refractivity contribution in [2.75, 3.05) is 6.54 Å². The molecular weight excluding hydrogens is 348 g/mol. The molecule has 7 nitrogen and oxygen atoms in total. The number of rotatable bonds is 8. The fourth-order valence-electron chi connectivity index (χ4n) is 2.94. The number of unbranched alkanes of at least 4 members (excludes halogenated alkanes) is 2. The van der Waals surface area contributed by atoms with Crippen LogP contribution in [0.3, 0.4) is 0 Å². The van der Waals surface area contributed by atoms with Crippen LogP contribution in [-0.2, 0) is 25.7 Å². The Morgan fingerprint density at radius 1 is 1.07 bits per heavy atom. The molecule has 2 amide bonds. The van der Waals surface area contributed by atoms with Gasteiger partial charge >= 0.3 is 5.97 Å². The number of phenols is 1. The summed E-state index contributed by atoms with van der Waals surface area (Å²) in [5.74, 6) is -0.786. The lowest BCUT2D eigenvalue weighted by Crippen LogP contribution is -2.30. The van der Waals surface area contributed by atoms with E-state index < -0.39 is 0 Å². The number of hydrogen-bond donors (Lipinski definition) is 1. The lowest BCUT2D eigenvalue weighted by molar-refractivity contribution is -0.145. The molecule has 0 saturated carbocycles. The normalized spacial score (nSPS) is 13.6. The number of fused-ring (bicyclic) bond motifs is 1. The summed E-state index contributed by atoms with van der Waals surface area (Å²) in [6.45, 7) is 0.482. The number of benzene rings is 1. The Hall–Kier alpha value is -3.22. The second kappa shape index (κ2) is 8.44. The second-order valence-corrected chi connectivity index (χ2v) is 6.28. The Bertz CT molecular complexity index is 888. The summed E-state index contributed by atoms with van der Waals surface area (Å²) in [5, 5.41) is 10.6. The first kappa shape index (κ1) is 18.6. The lowest BCUT2D eigenvalue weighted by atomic mass is 10.1. The van der Waals surface area contributed by atoms with Crippen LogP contribution in [0, 0.1) is 0 Å². The van der Waals surface area contributed by atoms with Crippen molar-refractivity contribution in [2.45, 2.75) is 32.3 Å². The minimum atomic E-state index is -0.310. The van der Waals surface area contributed by atoms with E-state index >= 15 is 0 Å². The number of carbonyl (C=O) groups excluding carboxylic acids is 3. The molecule has 0 fully saturated rings. The number of aromatic nitrogens is 1. The number of pyridine rings is 1. The summed E-state index contributed by atoms with van der Waals surface area (Å²) in [7, 11) is 0. The fourth-order valence-corrected chi connectivity index (χ4v) is 2.94. The Kier molecular flexibility index (Phi) is 5.80. The van der Waals surface area contributed by atoms with Crippen LogP contribution in [0.15, 0.2) is 42.6 Å². The third-order valence-electron chi connectivity index (χ3n) is 4.39. The molecule has 0 atom stereocenters. The van der Waals surface area contributed by atoms with Crippen molar-refractivity contribution in [3.63, 3.8) is 0 Å². The Morgan fingerprint density at radius 3 is 2.63 bits per heavy atom. The van der Waals surface area contributed by atoms with Gasteiger partial charge in [-0.2, -0.15) is 0 Å². The topological polar surface area (TPSA) is 96.8 Å². The average Bonchev–Trinajstić information content (AvgIpc) is 2.99. The van der Waals surface area contributed by atoms with E-state index in [1.807, 2.05) is 6.07 Å². The van der Waals surface area contributed by atoms with E-state index in [-0.39, 0.29) is 36.6 Å². The molecule has 1 aliphatic heterocycles. The van der Waals surface area contributed by atoms with Crippen LogP contribution in [0.5, 0.6) is 5.75 Å². The van der Waals surface area contributed by atoms with Crippen molar-refractivity contribution in [1.29, 1.82) is 0 Å². The number of imide groups is 1. The van der Waals surface area contributed by atoms with Crippen molar-refractivity contribution in [3.05, 3.63) is 48.2 Å². The van der Waals surface area contributed by atoms with E-state index in [2.05, 4.69) is 4.98 Å². The minimum Gasteiger partial charge on any atom is -0.506 e. The highest BCUT2D eigenvalue weighted by Crippen LogP contribution is 2.26. The Balaban J connectivity index is 1.40. The number of aromatic hydroxyl groups is 1. The van der Waals surface area contributed by atoms with Gasteiger partial charge in [0.1, 0.15) is 17.9 Å². The molecule has 1 aromatic carbocycles. The van der Waals surface area contributed by atoms with Gasteiger partial charge in [-0.1, -0.05) is 18.6 Å². The number of amides is 2. The van der Waals surface area contributed by atoms with Crippen LogP contribution in [-0.4, -0.2) is 39.3 Å². The van der Waals surface area contributed by atoms with Gasteiger partial charge in [0.15, 0.2) is 0 Å². The van der Waals surface area contributed by atoms with Crippen LogP contribution in [0.25, 0.3) is 10.9 Å². The molecule has 2 heterocycles. The number of phenolic OH excluding ortho intramolecular Hbond substituents is 1. The van der Waals surface area contributed by atoms with Crippen LogP contribution in [0.2, 0.25) is 0 Å². The number of carbonyl (C=O) groups is 3. The average molecular weight is 368 g/mol. The monoisotopic (exact) mass is 368 g/mol. The predicted octanol–water partition coefficient (Wildman–Crippen LogP) is 2.47. The van der Waals surface area contributed by atoms with Gasteiger partial charge in [-0.25, -0.2) is 0 Å². The molecule has 0 radical (unpaired) electrons. The van der Waals surface area contributed by atoms with Gasteiger partial charge in [-0.3, -0.25) is 24.3 Å². The van der Waals surface area contributed by atoms with Crippen molar-refractivity contribution < 1.29 is 24.2 Å². The van der Waals surface area contributed by atoms with Gasteiger partial charge in [-0.15, -0.1) is 0 Å². The molecule has 1 N–H and O–H groups in total. The van der Waals surface area contributed by atoms with Crippen molar-refractivity contribution >= 4 is 28.7 Å². The summed E-state index contributed by atoms with van der Waals surface area (Å²) in [5.41, 5.74) is 1.26. The maximum absolute atomic E-state index is 11.9. The van der Waals surface area contributed by atoms with E-state index in [0.717, 1.165) is 17.4 Å². The van der Waals surface area contributed by atoms with E-state index in [1.54, 1.807) is 18.3 Å². The first-order valence-corrected chi connectivity index (χ1v) is 8.81. The van der Waals surface area contributed by atoms with Crippen LogP contribution in [0.4, 0.5) is 0 Å². The maximum atomic E-state index is 11.9. The summed E-state index contributed by atoms with van der Waals surface area (Å²) >= 11 is 0. The summed E-state index contributed by atoms with van der Waals surface area (Å²) in [4.78, 5) is 40.1. The minimum absolute atomic E-state index is 0.0887. The molecule has 27 heavy (non-hydrogen) atoms. The zero-order valence-corrected chi connectivity index (χ0v) is 14.8. The summed E-state index contributed by atoms with van der Waals surface area (Å²) in [6, 6.07) is 6.83. The van der Waals surface area contributed by atoms with E-state index in [0.29, 0.717) is 24.9 Å². The molecule has 0 bridgehead atoms. The molecule has 1 aliphatic rings. The quantitative estimate of drug-likeness (QED) is 0.437. The van der Waals surface area contributed by atoms with E-state index in [1.165, 1.54) is 23.1 Å². The van der Waals surface area contributed by atoms with Gasteiger partial charge in [0.05, 0.1) is 0 Å².